The molecule has 0 radical (unpaired) electrons. The maximum absolute atomic E-state index is 11.9. The normalized spacial score (nSPS) is 10.1. The van der Waals surface area contributed by atoms with Gasteiger partial charge >= 0.3 is 0 Å². The van der Waals surface area contributed by atoms with E-state index in [1.165, 1.54) is 0 Å². The van der Waals surface area contributed by atoms with Crippen molar-refractivity contribution in [2.24, 2.45) is 0 Å². The van der Waals surface area contributed by atoms with Crippen LogP contribution < -0.4 is 0 Å². The summed E-state index contributed by atoms with van der Waals surface area (Å²) in [5.74, 6) is 0.0333. The molecule has 15 heavy (non-hydrogen) atoms. The highest BCUT2D eigenvalue weighted by molar-refractivity contribution is 6.30. The number of unbranched alkanes of at least 4 members (excludes halogenated alkanes) is 1. The van der Waals surface area contributed by atoms with Crippen LogP contribution in [0.4, 0.5) is 0 Å². The largest absolute Gasteiger partial charge is 0.342 e. The van der Waals surface area contributed by atoms with Gasteiger partial charge in [0.05, 0.1) is 0 Å². The van der Waals surface area contributed by atoms with Crippen LogP contribution >= 0.6 is 11.6 Å². The highest BCUT2D eigenvalue weighted by Gasteiger charge is 2.10. The molecule has 0 spiro atoms. The molecular formula is C12H16ClNO. The first-order valence-electron chi connectivity index (χ1n) is 5.16. The van der Waals surface area contributed by atoms with Gasteiger partial charge in [0.25, 0.3) is 5.91 Å². The Hall–Kier alpha value is -1.02. The van der Waals surface area contributed by atoms with E-state index in [-0.39, 0.29) is 5.91 Å². The molecule has 82 valence electrons. The first-order chi connectivity index (χ1) is 7.15. The number of amides is 1. The zero-order chi connectivity index (χ0) is 11.3. The third-order valence-electron chi connectivity index (χ3n) is 2.27. The van der Waals surface area contributed by atoms with Crippen LogP contribution in [0.15, 0.2) is 24.3 Å². The zero-order valence-corrected chi connectivity index (χ0v) is 9.92. The minimum atomic E-state index is 0.0333. The molecule has 1 rings (SSSR count). The van der Waals surface area contributed by atoms with Gasteiger partial charge in [0.1, 0.15) is 0 Å². The van der Waals surface area contributed by atoms with E-state index in [4.69, 9.17) is 11.6 Å². The van der Waals surface area contributed by atoms with Gasteiger partial charge in [-0.25, -0.2) is 0 Å². The third kappa shape index (κ3) is 3.56. The molecule has 0 unspecified atom stereocenters. The minimum Gasteiger partial charge on any atom is -0.342 e. The molecule has 0 saturated heterocycles. The molecule has 0 aromatic heterocycles. The highest BCUT2D eigenvalue weighted by atomic mass is 35.5. The van der Waals surface area contributed by atoms with Crippen LogP contribution in [0.2, 0.25) is 5.02 Å². The van der Waals surface area contributed by atoms with E-state index >= 15 is 0 Å². The van der Waals surface area contributed by atoms with Gasteiger partial charge in [0, 0.05) is 24.2 Å². The predicted octanol–water partition coefficient (Wildman–Crippen LogP) is 3.21. The Labute approximate surface area is 95.8 Å². The Kier molecular flexibility index (Phi) is 4.63. The van der Waals surface area contributed by atoms with Crippen LogP contribution in [0.5, 0.6) is 0 Å². The fourth-order valence-corrected chi connectivity index (χ4v) is 1.53. The van der Waals surface area contributed by atoms with E-state index < -0.39 is 0 Å². The highest BCUT2D eigenvalue weighted by Crippen LogP contribution is 2.12. The molecule has 1 aromatic carbocycles. The zero-order valence-electron chi connectivity index (χ0n) is 9.16. The van der Waals surface area contributed by atoms with E-state index in [1.807, 2.05) is 7.05 Å². The molecule has 0 saturated carbocycles. The summed E-state index contributed by atoms with van der Waals surface area (Å²) in [6.45, 7) is 2.90. The van der Waals surface area contributed by atoms with Crippen LogP contribution in [-0.2, 0) is 0 Å². The summed E-state index contributed by atoms with van der Waals surface area (Å²) in [7, 11) is 1.82. The van der Waals surface area contributed by atoms with Crippen LogP contribution in [0, 0.1) is 0 Å². The number of carbonyl (C=O) groups is 1. The summed E-state index contributed by atoms with van der Waals surface area (Å²) < 4.78 is 0. The van der Waals surface area contributed by atoms with Gasteiger partial charge in [-0.15, -0.1) is 0 Å². The molecule has 0 aliphatic heterocycles. The number of hydrogen-bond donors (Lipinski definition) is 0. The van der Waals surface area contributed by atoms with Crippen molar-refractivity contribution < 1.29 is 4.79 Å². The van der Waals surface area contributed by atoms with E-state index in [0.717, 1.165) is 19.4 Å². The maximum Gasteiger partial charge on any atom is 0.253 e. The summed E-state index contributed by atoms with van der Waals surface area (Å²) in [5.41, 5.74) is 0.654. The monoisotopic (exact) mass is 225 g/mol. The lowest BCUT2D eigenvalue weighted by Crippen LogP contribution is -2.27. The number of nitrogens with zero attached hydrogens (tertiary/aromatic N) is 1. The Morgan fingerprint density at radius 2 is 2.20 bits per heavy atom. The average molecular weight is 226 g/mol. The Morgan fingerprint density at radius 3 is 2.80 bits per heavy atom. The van der Waals surface area contributed by atoms with Crippen molar-refractivity contribution >= 4 is 17.5 Å². The number of benzene rings is 1. The number of carbonyl (C=O) groups excluding carboxylic acids is 1. The van der Waals surface area contributed by atoms with Gasteiger partial charge in [-0.2, -0.15) is 0 Å². The van der Waals surface area contributed by atoms with Crippen molar-refractivity contribution in [1.29, 1.82) is 0 Å². The summed E-state index contributed by atoms with van der Waals surface area (Å²) in [4.78, 5) is 13.6. The van der Waals surface area contributed by atoms with E-state index in [1.54, 1.807) is 29.2 Å². The third-order valence-corrected chi connectivity index (χ3v) is 2.50. The second-order valence-corrected chi connectivity index (χ2v) is 4.03. The summed E-state index contributed by atoms with van der Waals surface area (Å²) in [5, 5.41) is 0.602. The van der Waals surface area contributed by atoms with Gasteiger partial charge in [-0.1, -0.05) is 31.0 Å². The molecule has 0 aliphatic rings. The number of halogens is 1. The fraction of sp³-hybridized carbons (Fsp3) is 0.417. The predicted molar refractivity (Wildman–Crippen MR) is 63.3 cm³/mol. The van der Waals surface area contributed by atoms with Gasteiger partial charge in [-0.3, -0.25) is 4.79 Å². The van der Waals surface area contributed by atoms with Crippen molar-refractivity contribution in [3.63, 3.8) is 0 Å². The first kappa shape index (κ1) is 12.1. The molecule has 0 bridgehead atoms. The van der Waals surface area contributed by atoms with E-state index in [9.17, 15) is 4.79 Å². The standard InChI is InChI=1S/C12H16ClNO/c1-3-4-8-14(2)12(15)10-6-5-7-11(13)9-10/h5-7,9H,3-4,8H2,1-2H3. The van der Waals surface area contributed by atoms with Gasteiger partial charge in [0.15, 0.2) is 0 Å². The van der Waals surface area contributed by atoms with Crippen molar-refractivity contribution in [2.45, 2.75) is 19.8 Å². The average Bonchev–Trinajstić information content (AvgIpc) is 2.24. The number of rotatable bonds is 4. The van der Waals surface area contributed by atoms with Crippen LogP contribution in [0.1, 0.15) is 30.1 Å². The maximum atomic E-state index is 11.9. The first-order valence-corrected chi connectivity index (χ1v) is 5.54. The molecule has 0 aliphatic carbocycles. The summed E-state index contributed by atoms with van der Waals surface area (Å²) >= 11 is 5.83. The smallest absolute Gasteiger partial charge is 0.253 e. The molecule has 1 amide bonds. The Bertz CT molecular complexity index is 338. The molecule has 2 nitrogen and oxygen atoms in total. The second kappa shape index (κ2) is 5.76. The van der Waals surface area contributed by atoms with Crippen molar-refractivity contribution in [3.05, 3.63) is 34.9 Å². The number of hydrogen-bond acceptors (Lipinski definition) is 1. The van der Waals surface area contributed by atoms with Crippen LogP contribution in [0.3, 0.4) is 0 Å². The molecule has 1 aromatic rings. The van der Waals surface area contributed by atoms with E-state index in [2.05, 4.69) is 6.92 Å². The summed E-state index contributed by atoms with van der Waals surface area (Å²) in [6, 6.07) is 7.05. The lowest BCUT2D eigenvalue weighted by atomic mass is 10.2. The van der Waals surface area contributed by atoms with Crippen LogP contribution in [0.25, 0.3) is 0 Å². The molecular weight excluding hydrogens is 210 g/mol. The van der Waals surface area contributed by atoms with Crippen LogP contribution in [-0.4, -0.2) is 24.4 Å². The molecule has 0 atom stereocenters. The van der Waals surface area contributed by atoms with Crippen molar-refractivity contribution in [3.8, 4) is 0 Å². The molecule has 0 heterocycles. The molecule has 0 fully saturated rings. The Balaban J connectivity index is 2.67. The fourth-order valence-electron chi connectivity index (χ4n) is 1.34. The van der Waals surface area contributed by atoms with E-state index in [0.29, 0.717) is 10.6 Å². The molecule has 3 heteroatoms. The van der Waals surface area contributed by atoms with Gasteiger partial charge in [-0.05, 0) is 24.6 Å². The minimum absolute atomic E-state index is 0.0333. The Morgan fingerprint density at radius 1 is 1.47 bits per heavy atom. The van der Waals surface area contributed by atoms with Crippen molar-refractivity contribution in [1.82, 2.24) is 4.90 Å². The van der Waals surface area contributed by atoms with Crippen molar-refractivity contribution in [2.75, 3.05) is 13.6 Å². The van der Waals surface area contributed by atoms with Gasteiger partial charge in [0.2, 0.25) is 0 Å². The molecule has 0 N–H and O–H groups in total. The topological polar surface area (TPSA) is 20.3 Å². The SMILES string of the molecule is CCCCN(C)C(=O)c1cccc(Cl)c1. The lowest BCUT2D eigenvalue weighted by molar-refractivity contribution is 0.0793. The lowest BCUT2D eigenvalue weighted by Gasteiger charge is -2.16. The quantitative estimate of drug-likeness (QED) is 0.771. The summed E-state index contributed by atoms with van der Waals surface area (Å²) in [6.07, 6.45) is 2.12. The second-order valence-electron chi connectivity index (χ2n) is 3.59. The van der Waals surface area contributed by atoms with Gasteiger partial charge < -0.3 is 4.90 Å².